The molecule has 1 aliphatic carbocycles. The summed E-state index contributed by atoms with van der Waals surface area (Å²) in [7, 11) is 0. The fraction of sp³-hybridized carbons (Fsp3) is 0.375. The van der Waals surface area contributed by atoms with Gasteiger partial charge in [0.2, 0.25) is 0 Å². The number of fused-ring (bicyclic) bond motifs is 1. The number of rotatable bonds is 4. The number of halogens is 1. The second kappa shape index (κ2) is 5.40. The lowest BCUT2D eigenvalue weighted by molar-refractivity contribution is 0.417. The molecular formula is C16H18ClNO. The zero-order valence-corrected chi connectivity index (χ0v) is 11.8. The summed E-state index contributed by atoms with van der Waals surface area (Å²) in [5.41, 5.74) is 2.81. The quantitative estimate of drug-likeness (QED) is 0.922. The molecule has 1 N–H and O–H groups in total. The molecule has 0 spiro atoms. The van der Waals surface area contributed by atoms with Crippen LogP contribution in [0, 0.1) is 0 Å². The summed E-state index contributed by atoms with van der Waals surface area (Å²) in [6.45, 7) is 2.21. The highest BCUT2D eigenvalue weighted by Crippen LogP contribution is 2.25. The van der Waals surface area contributed by atoms with E-state index >= 15 is 0 Å². The van der Waals surface area contributed by atoms with E-state index in [4.69, 9.17) is 16.0 Å². The Labute approximate surface area is 118 Å². The van der Waals surface area contributed by atoms with E-state index in [1.54, 1.807) is 6.26 Å². The molecule has 1 aromatic heterocycles. The third-order valence-corrected chi connectivity index (χ3v) is 3.94. The van der Waals surface area contributed by atoms with Crippen molar-refractivity contribution in [3.63, 3.8) is 0 Å². The first-order valence-electron chi connectivity index (χ1n) is 6.76. The third kappa shape index (κ3) is 3.02. The van der Waals surface area contributed by atoms with Crippen molar-refractivity contribution in [2.24, 2.45) is 0 Å². The zero-order chi connectivity index (χ0) is 13.2. The summed E-state index contributed by atoms with van der Waals surface area (Å²) in [6.07, 6.45) is 4.82. The lowest BCUT2D eigenvalue weighted by Gasteiger charge is -2.18. The van der Waals surface area contributed by atoms with Gasteiger partial charge >= 0.3 is 0 Å². The second-order valence-electron chi connectivity index (χ2n) is 5.37. The molecule has 3 heteroatoms. The topological polar surface area (TPSA) is 25.2 Å². The first-order chi connectivity index (χ1) is 9.20. The Morgan fingerprint density at radius 2 is 2.16 bits per heavy atom. The molecular weight excluding hydrogens is 258 g/mol. The van der Waals surface area contributed by atoms with Crippen LogP contribution in [0.2, 0.25) is 5.02 Å². The highest BCUT2D eigenvalue weighted by molar-refractivity contribution is 6.30. The molecule has 0 saturated heterocycles. The Hall–Kier alpha value is -1.25. The van der Waals surface area contributed by atoms with E-state index < -0.39 is 0 Å². The van der Waals surface area contributed by atoms with E-state index in [-0.39, 0.29) is 0 Å². The van der Waals surface area contributed by atoms with Crippen LogP contribution < -0.4 is 5.32 Å². The van der Waals surface area contributed by atoms with E-state index in [0.717, 1.165) is 30.0 Å². The predicted octanol–water partition coefficient (Wildman–Crippen LogP) is 3.62. The minimum atomic E-state index is 0.418. The van der Waals surface area contributed by atoms with Gasteiger partial charge in [-0.15, -0.1) is 0 Å². The minimum absolute atomic E-state index is 0.418. The van der Waals surface area contributed by atoms with Crippen molar-refractivity contribution in [2.45, 2.75) is 38.3 Å². The van der Waals surface area contributed by atoms with Crippen LogP contribution in [0.3, 0.4) is 0 Å². The van der Waals surface area contributed by atoms with Gasteiger partial charge in [-0.05, 0) is 55.2 Å². The van der Waals surface area contributed by atoms with Crippen LogP contribution in [-0.2, 0) is 19.3 Å². The molecule has 19 heavy (non-hydrogen) atoms. The number of benzene rings is 1. The molecule has 3 rings (SSSR count). The molecule has 2 aromatic rings. The van der Waals surface area contributed by atoms with Crippen LogP contribution >= 0.6 is 11.6 Å². The van der Waals surface area contributed by atoms with Gasteiger partial charge < -0.3 is 9.73 Å². The summed E-state index contributed by atoms with van der Waals surface area (Å²) in [6, 6.07) is 11.1. The smallest absolute Gasteiger partial charge is 0.105 e. The number of hydrogen-bond donors (Lipinski definition) is 1. The van der Waals surface area contributed by atoms with Gasteiger partial charge in [-0.1, -0.05) is 17.7 Å². The lowest BCUT2D eigenvalue weighted by atomic mass is 10.1. The van der Waals surface area contributed by atoms with Crippen LogP contribution in [0.4, 0.5) is 0 Å². The highest BCUT2D eigenvalue weighted by atomic mass is 35.5. The van der Waals surface area contributed by atoms with Crippen molar-refractivity contribution >= 4 is 11.6 Å². The van der Waals surface area contributed by atoms with Crippen LogP contribution in [0.5, 0.6) is 0 Å². The molecule has 0 saturated carbocycles. The highest BCUT2D eigenvalue weighted by Gasteiger charge is 2.22. The summed E-state index contributed by atoms with van der Waals surface area (Å²) < 4.78 is 5.39. The van der Waals surface area contributed by atoms with Crippen LogP contribution in [0.1, 0.15) is 23.8 Å². The molecule has 0 amide bonds. The van der Waals surface area contributed by atoms with Gasteiger partial charge in [-0.2, -0.15) is 0 Å². The van der Waals surface area contributed by atoms with Crippen molar-refractivity contribution in [2.75, 3.05) is 0 Å². The van der Waals surface area contributed by atoms with Crippen LogP contribution in [0.25, 0.3) is 0 Å². The molecule has 1 aliphatic rings. The molecule has 2 atom stereocenters. The first kappa shape index (κ1) is 12.8. The monoisotopic (exact) mass is 275 g/mol. The van der Waals surface area contributed by atoms with Gasteiger partial charge in [-0.3, -0.25) is 0 Å². The van der Waals surface area contributed by atoms with Crippen molar-refractivity contribution in [1.82, 2.24) is 5.32 Å². The minimum Gasteiger partial charge on any atom is -0.469 e. The van der Waals surface area contributed by atoms with Crippen LogP contribution in [-0.4, -0.2) is 12.1 Å². The normalized spacial score (nSPS) is 19.4. The van der Waals surface area contributed by atoms with Crippen molar-refractivity contribution in [3.05, 3.63) is 58.5 Å². The molecule has 0 aliphatic heterocycles. The summed E-state index contributed by atoms with van der Waals surface area (Å²) >= 11 is 6.04. The largest absolute Gasteiger partial charge is 0.469 e. The molecule has 2 unspecified atom stereocenters. The van der Waals surface area contributed by atoms with E-state index in [2.05, 4.69) is 24.4 Å². The number of hydrogen-bond acceptors (Lipinski definition) is 2. The van der Waals surface area contributed by atoms with E-state index in [0.29, 0.717) is 12.1 Å². The molecule has 0 fully saturated rings. The molecule has 100 valence electrons. The van der Waals surface area contributed by atoms with E-state index in [1.807, 2.05) is 18.2 Å². The summed E-state index contributed by atoms with van der Waals surface area (Å²) in [5, 5.41) is 4.52. The molecule has 1 heterocycles. The number of furan rings is 1. The molecule has 1 aromatic carbocycles. The lowest BCUT2D eigenvalue weighted by Crippen LogP contribution is -2.38. The Morgan fingerprint density at radius 1 is 1.32 bits per heavy atom. The summed E-state index contributed by atoms with van der Waals surface area (Å²) in [5.74, 6) is 1.04. The van der Waals surface area contributed by atoms with Gasteiger partial charge in [0.25, 0.3) is 0 Å². The average molecular weight is 276 g/mol. The van der Waals surface area contributed by atoms with E-state index in [1.165, 1.54) is 11.1 Å². The maximum atomic E-state index is 6.04. The SMILES string of the molecule is CC(Cc1ccco1)NC1Cc2ccc(Cl)cc2C1. The van der Waals surface area contributed by atoms with Gasteiger partial charge in [0.05, 0.1) is 6.26 Å². The molecule has 0 radical (unpaired) electrons. The maximum absolute atomic E-state index is 6.04. The second-order valence-corrected chi connectivity index (χ2v) is 5.81. The maximum Gasteiger partial charge on any atom is 0.105 e. The Morgan fingerprint density at radius 3 is 2.95 bits per heavy atom. The number of nitrogens with one attached hydrogen (secondary N) is 1. The van der Waals surface area contributed by atoms with Gasteiger partial charge in [-0.25, -0.2) is 0 Å². The fourth-order valence-corrected chi connectivity index (χ4v) is 3.09. The summed E-state index contributed by atoms with van der Waals surface area (Å²) in [4.78, 5) is 0. The van der Waals surface area contributed by atoms with Gasteiger partial charge in [0.15, 0.2) is 0 Å². The van der Waals surface area contributed by atoms with Gasteiger partial charge in [0, 0.05) is 23.5 Å². The first-order valence-corrected chi connectivity index (χ1v) is 7.14. The van der Waals surface area contributed by atoms with Crippen LogP contribution in [0.15, 0.2) is 41.0 Å². The van der Waals surface area contributed by atoms with Gasteiger partial charge in [0.1, 0.15) is 5.76 Å². The Kier molecular flexibility index (Phi) is 3.63. The van der Waals surface area contributed by atoms with Crippen molar-refractivity contribution in [1.29, 1.82) is 0 Å². The standard InChI is InChI=1S/C16H18ClNO/c1-11(7-16-3-2-6-19-16)18-15-9-12-4-5-14(17)8-13(12)10-15/h2-6,8,11,15,18H,7,9-10H2,1H3. The Balaban J connectivity index is 1.58. The predicted molar refractivity (Wildman–Crippen MR) is 77.7 cm³/mol. The van der Waals surface area contributed by atoms with E-state index in [9.17, 15) is 0 Å². The average Bonchev–Trinajstić information content (AvgIpc) is 2.97. The fourth-order valence-electron chi connectivity index (χ4n) is 2.90. The molecule has 0 bridgehead atoms. The van der Waals surface area contributed by atoms with Crippen molar-refractivity contribution in [3.8, 4) is 0 Å². The van der Waals surface area contributed by atoms with Crippen molar-refractivity contribution < 1.29 is 4.42 Å². The molecule has 2 nitrogen and oxygen atoms in total. The zero-order valence-electron chi connectivity index (χ0n) is 11.0. The Bertz CT molecular complexity index is 550. The third-order valence-electron chi connectivity index (χ3n) is 3.71.